The molecule has 4 unspecified atom stereocenters. The molecule has 0 aromatic heterocycles. The molecule has 39 heavy (non-hydrogen) atoms. The highest BCUT2D eigenvalue weighted by Crippen LogP contribution is 2.69. The van der Waals surface area contributed by atoms with E-state index in [1.807, 2.05) is 30.3 Å². The molecule has 4 aliphatic carbocycles. The first-order valence-corrected chi connectivity index (χ1v) is 19.2. The number of ether oxygens (including phenoxy) is 1. The normalized spacial score (nSPS) is 39.3. The van der Waals surface area contributed by atoms with Gasteiger partial charge in [-0.3, -0.25) is 9.59 Å². The molecule has 5 rings (SSSR count). The van der Waals surface area contributed by atoms with Crippen molar-refractivity contribution in [3.8, 4) is 5.75 Å². The van der Waals surface area contributed by atoms with Gasteiger partial charge in [-0.25, -0.2) is 0 Å². The lowest BCUT2D eigenvalue weighted by Crippen LogP contribution is -2.58. The van der Waals surface area contributed by atoms with Gasteiger partial charge in [0.05, 0.1) is 14.0 Å². The van der Waals surface area contributed by atoms with Gasteiger partial charge in [-0.2, -0.15) is 0 Å². The summed E-state index contributed by atoms with van der Waals surface area (Å²) in [5.41, 5.74) is 0.468. The number of benzene rings is 1. The highest BCUT2D eigenvalue weighted by Gasteiger charge is 2.64. The fraction of sp³-hybridized carbons (Fsp3) is 0.771. The second-order valence-electron chi connectivity index (χ2n) is 16.4. The summed E-state index contributed by atoms with van der Waals surface area (Å²) >= 11 is 0. The molecular weight excluding hydrogens is 496 g/mol. The number of hydrogen-bond acceptors (Lipinski definition) is 3. The van der Waals surface area contributed by atoms with Gasteiger partial charge in [-0.05, 0) is 102 Å². The predicted octanol–water partition coefficient (Wildman–Crippen LogP) is 9.19. The van der Waals surface area contributed by atoms with Crippen LogP contribution in [0.1, 0.15) is 92.9 Å². The van der Waals surface area contributed by atoms with Gasteiger partial charge in [0.25, 0.3) is 0 Å². The van der Waals surface area contributed by atoms with Crippen LogP contribution in [0.2, 0.25) is 24.2 Å². The fourth-order valence-electron chi connectivity index (χ4n) is 10.2. The van der Waals surface area contributed by atoms with E-state index in [9.17, 15) is 9.59 Å². The number of carbonyl (C=O) groups is 2. The molecular formula is C35H54O3Si. The Morgan fingerprint density at radius 1 is 1.03 bits per heavy atom. The molecule has 0 bridgehead atoms. The molecule has 9 atom stereocenters. The summed E-state index contributed by atoms with van der Waals surface area (Å²) in [6.45, 7) is 20.2. The molecule has 4 heteroatoms. The van der Waals surface area contributed by atoms with Crippen LogP contribution in [0.4, 0.5) is 0 Å². The summed E-state index contributed by atoms with van der Waals surface area (Å²) < 4.78 is 6.08. The van der Waals surface area contributed by atoms with Crippen LogP contribution >= 0.6 is 0 Å². The van der Waals surface area contributed by atoms with Crippen molar-refractivity contribution in [2.24, 2.45) is 52.3 Å². The van der Waals surface area contributed by atoms with Crippen LogP contribution in [0, 0.1) is 52.3 Å². The van der Waals surface area contributed by atoms with E-state index in [2.05, 4.69) is 54.6 Å². The Balaban J connectivity index is 1.46. The molecule has 0 radical (unpaired) electrons. The summed E-state index contributed by atoms with van der Waals surface area (Å²) in [4.78, 5) is 26.6. The third kappa shape index (κ3) is 4.99. The lowest BCUT2D eigenvalue weighted by Gasteiger charge is -2.62. The first kappa shape index (κ1) is 29.1. The number of fused-ring (bicyclic) bond motifs is 5. The number of carbonyl (C=O) groups excluding carboxylic acids is 2. The van der Waals surface area contributed by atoms with E-state index in [4.69, 9.17) is 4.74 Å². The summed E-state index contributed by atoms with van der Waals surface area (Å²) in [6.07, 6.45) is 8.25. The average Bonchev–Trinajstić information content (AvgIpc) is 3.21. The minimum atomic E-state index is -1.38. The van der Waals surface area contributed by atoms with Gasteiger partial charge in [0, 0.05) is 12.8 Å². The van der Waals surface area contributed by atoms with E-state index in [1.54, 1.807) is 0 Å². The largest absolute Gasteiger partial charge is 0.426 e. The van der Waals surface area contributed by atoms with E-state index in [0.29, 0.717) is 52.1 Å². The lowest BCUT2D eigenvalue weighted by molar-refractivity contribution is -0.172. The number of Topliss-reactive ketones (excluding diaryl/α,β-unsaturated/α-hetero) is 1. The van der Waals surface area contributed by atoms with Crippen molar-refractivity contribution in [1.29, 1.82) is 0 Å². The lowest BCUT2D eigenvalue weighted by atomic mass is 9.42. The van der Waals surface area contributed by atoms with Crippen molar-refractivity contribution in [1.82, 2.24) is 0 Å². The Hall–Kier alpha value is -1.42. The van der Waals surface area contributed by atoms with Gasteiger partial charge >= 0.3 is 5.97 Å². The maximum atomic E-state index is 14.0. The van der Waals surface area contributed by atoms with Crippen molar-refractivity contribution >= 4 is 19.8 Å². The minimum absolute atomic E-state index is 0.0432. The molecule has 3 nitrogen and oxygen atoms in total. The maximum Gasteiger partial charge on any atom is 0.314 e. The monoisotopic (exact) mass is 550 g/mol. The van der Waals surface area contributed by atoms with Crippen molar-refractivity contribution in [2.75, 3.05) is 0 Å². The quantitative estimate of drug-likeness (QED) is 0.208. The Bertz CT molecular complexity index is 1070. The van der Waals surface area contributed by atoms with Gasteiger partial charge < -0.3 is 4.74 Å². The summed E-state index contributed by atoms with van der Waals surface area (Å²) in [5, 5.41) is 0.412. The Morgan fingerprint density at radius 3 is 2.36 bits per heavy atom. The molecule has 4 saturated carbocycles. The van der Waals surface area contributed by atoms with Crippen LogP contribution < -0.4 is 4.74 Å². The number of ketones is 1. The smallest absolute Gasteiger partial charge is 0.314 e. The van der Waals surface area contributed by atoms with Crippen LogP contribution in [-0.2, 0) is 9.59 Å². The van der Waals surface area contributed by atoms with E-state index in [0.717, 1.165) is 31.1 Å². The van der Waals surface area contributed by atoms with Gasteiger partial charge in [-0.15, -0.1) is 0 Å². The third-order valence-electron chi connectivity index (χ3n) is 13.4. The van der Waals surface area contributed by atoms with Crippen LogP contribution in [0.3, 0.4) is 0 Å². The van der Waals surface area contributed by atoms with Crippen molar-refractivity contribution in [3.63, 3.8) is 0 Å². The van der Waals surface area contributed by atoms with E-state index in [-0.39, 0.29) is 17.3 Å². The molecule has 4 fully saturated rings. The molecule has 1 aromatic carbocycles. The van der Waals surface area contributed by atoms with Crippen molar-refractivity contribution < 1.29 is 14.3 Å². The van der Waals surface area contributed by atoms with E-state index >= 15 is 0 Å². The maximum absolute atomic E-state index is 14.0. The molecule has 0 spiro atoms. The molecule has 216 valence electrons. The minimum Gasteiger partial charge on any atom is -0.426 e. The number of hydrogen-bond donors (Lipinski definition) is 0. The van der Waals surface area contributed by atoms with E-state index in [1.165, 1.54) is 31.7 Å². The van der Waals surface area contributed by atoms with Crippen LogP contribution in [0.25, 0.3) is 0 Å². The summed E-state index contributed by atoms with van der Waals surface area (Å²) in [5.74, 6) is 4.15. The Labute approximate surface area is 239 Å². The third-order valence-corrected chi connectivity index (χ3v) is 19.1. The van der Waals surface area contributed by atoms with Crippen LogP contribution in [0.15, 0.2) is 30.3 Å². The summed E-state index contributed by atoms with van der Waals surface area (Å²) in [7, 11) is -1.38. The predicted molar refractivity (Wildman–Crippen MR) is 162 cm³/mol. The topological polar surface area (TPSA) is 43.4 Å². The van der Waals surface area contributed by atoms with Gasteiger partial charge in [0.1, 0.15) is 11.5 Å². The zero-order valence-corrected chi connectivity index (χ0v) is 27.0. The highest BCUT2D eigenvalue weighted by atomic mass is 28.3. The van der Waals surface area contributed by atoms with Crippen LogP contribution in [-0.4, -0.2) is 19.8 Å². The number of para-hydroxylation sites is 1. The molecule has 1 aromatic rings. The van der Waals surface area contributed by atoms with Crippen molar-refractivity contribution in [3.05, 3.63) is 30.3 Å². The van der Waals surface area contributed by atoms with Gasteiger partial charge in [0.2, 0.25) is 0 Å². The highest BCUT2D eigenvalue weighted by molar-refractivity contribution is 6.80. The van der Waals surface area contributed by atoms with Gasteiger partial charge in [0.15, 0.2) is 0 Å². The zero-order valence-electron chi connectivity index (χ0n) is 26.0. The Kier molecular flexibility index (Phi) is 7.56. The number of rotatable bonds is 5. The van der Waals surface area contributed by atoms with Gasteiger partial charge in [-0.1, -0.05) is 78.9 Å². The molecule has 0 amide bonds. The average molecular weight is 551 g/mol. The first-order valence-electron chi connectivity index (χ1n) is 16.0. The fourth-order valence-corrected chi connectivity index (χ4v) is 12.7. The zero-order chi connectivity index (χ0) is 28.4. The summed E-state index contributed by atoms with van der Waals surface area (Å²) in [6, 6.07) is 11.0. The molecule has 0 saturated heterocycles. The second-order valence-corrected chi connectivity index (χ2v) is 22.0. The molecule has 0 heterocycles. The first-order chi connectivity index (χ1) is 18.2. The molecule has 0 N–H and O–H groups in total. The Morgan fingerprint density at radius 2 is 1.69 bits per heavy atom. The van der Waals surface area contributed by atoms with E-state index < -0.39 is 8.07 Å². The second kappa shape index (κ2) is 10.1. The van der Waals surface area contributed by atoms with Crippen molar-refractivity contribution in [2.45, 2.75) is 117 Å². The molecule has 4 aliphatic rings. The van der Waals surface area contributed by atoms with Crippen LogP contribution in [0.5, 0.6) is 5.75 Å². The molecule has 0 aliphatic heterocycles. The number of esters is 1. The SMILES string of the molecule is C[C@H](C[Si](C)(C)C(C)(C)C)C1CCC2C3C(CC[C@@]21C)[C@@]1(C)CCC(=O)C[C@@H]1C[C@H]3C(=O)Oc1ccccc1. The standard InChI is InChI=1S/C35H54O3Si/c1-23(22-39(7,8)33(2,3)4)28-14-15-29-31-27(32(37)38-26-12-10-9-11-13-26)21-24-20-25(36)16-18-34(24,5)30(31)17-19-35(28,29)6/h9-13,23-24,27-31H,14-22H2,1-8H3/t23-,24-,27-,28?,29?,30?,31?,34+,35-/m1/s1.